The van der Waals surface area contributed by atoms with E-state index < -0.39 is 17.5 Å². The zero-order valence-electron chi connectivity index (χ0n) is 20.2. The van der Waals surface area contributed by atoms with Crippen molar-refractivity contribution in [3.05, 3.63) is 59.7 Å². The Bertz CT molecular complexity index is 1060. The second-order valence-corrected chi connectivity index (χ2v) is 10.6. The predicted molar refractivity (Wildman–Crippen MR) is 137 cm³/mol. The number of aliphatic carboxylic acids is 1. The third kappa shape index (κ3) is 5.32. The number of hydrogen-bond acceptors (Lipinski definition) is 5. The number of fused-ring (bicyclic) bond motifs is 3. The lowest BCUT2D eigenvalue weighted by molar-refractivity contribution is -0.145. The normalized spacial score (nSPS) is 18.8. The first-order valence-corrected chi connectivity index (χ1v) is 13.2. The van der Waals surface area contributed by atoms with Crippen LogP contribution in [0.3, 0.4) is 0 Å². The van der Waals surface area contributed by atoms with Crippen LogP contribution in [-0.4, -0.2) is 65.2 Å². The summed E-state index contributed by atoms with van der Waals surface area (Å²) in [6, 6.07) is 16.0. The van der Waals surface area contributed by atoms with Crippen molar-refractivity contribution in [2.45, 2.75) is 38.6 Å². The lowest BCUT2D eigenvalue weighted by Gasteiger charge is -2.40. The van der Waals surface area contributed by atoms with Crippen LogP contribution in [-0.2, 0) is 14.3 Å². The molecule has 0 aromatic heterocycles. The molecular formula is C27H32N2O5S. The van der Waals surface area contributed by atoms with Crippen LogP contribution < -0.4 is 5.32 Å². The molecule has 2 aromatic rings. The summed E-state index contributed by atoms with van der Waals surface area (Å²) in [5, 5.41) is 12.0. The predicted octanol–water partition coefficient (Wildman–Crippen LogP) is 4.36. The number of carboxylic acids is 1. The van der Waals surface area contributed by atoms with E-state index >= 15 is 0 Å². The highest BCUT2D eigenvalue weighted by Gasteiger charge is 2.40. The summed E-state index contributed by atoms with van der Waals surface area (Å²) in [5.41, 5.74) is 3.77. The molecular weight excluding hydrogens is 464 g/mol. The first kappa shape index (κ1) is 25.1. The molecule has 8 heteroatoms. The second-order valence-electron chi connectivity index (χ2n) is 9.42. The van der Waals surface area contributed by atoms with Crippen molar-refractivity contribution in [3.8, 4) is 11.1 Å². The number of thioether (sulfide) groups is 1. The van der Waals surface area contributed by atoms with Crippen molar-refractivity contribution in [2.75, 3.05) is 31.2 Å². The second kappa shape index (κ2) is 10.7. The standard InChI is InChI=1S/C27H32N2O5S/c1-3-27(2,25(32)29-12-13-35-16-18(29)14-24(30)31)17-28-26(33)34-15-23-21-10-6-4-8-19(21)20-9-5-7-11-22(20)23/h4-11,18,23H,3,12-17H2,1-2H3,(H,28,33)(H,30,31). The van der Waals surface area contributed by atoms with Crippen LogP contribution >= 0.6 is 11.8 Å². The van der Waals surface area contributed by atoms with Gasteiger partial charge in [0.25, 0.3) is 0 Å². The van der Waals surface area contributed by atoms with Crippen LogP contribution in [0.25, 0.3) is 11.1 Å². The van der Waals surface area contributed by atoms with Crippen molar-refractivity contribution in [2.24, 2.45) is 5.41 Å². The lowest BCUT2D eigenvalue weighted by atomic mass is 9.85. The van der Waals surface area contributed by atoms with Gasteiger partial charge >= 0.3 is 12.1 Å². The highest BCUT2D eigenvalue weighted by Crippen LogP contribution is 2.44. The third-order valence-electron chi connectivity index (χ3n) is 7.16. The van der Waals surface area contributed by atoms with Gasteiger partial charge in [0.05, 0.1) is 17.9 Å². The molecule has 2 aliphatic rings. The number of rotatable bonds is 8. The molecule has 0 spiro atoms. The summed E-state index contributed by atoms with van der Waals surface area (Å²) in [4.78, 5) is 39.1. The van der Waals surface area contributed by atoms with Crippen LogP contribution in [0.15, 0.2) is 48.5 Å². The number of ether oxygens (including phenoxy) is 1. The Morgan fingerprint density at radius 3 is 2.34 bits per heavy atom. The average molecular weight is 497 g/mol. The number of hydrogen-bond donors (Lipinski definition) is 2. The molecule has 2 amide bonds. The van der Waals surface area contributed by atoms with Crippen LogP contribution in [0.2, 0.25) is 0 Å². The van der Waals surface area contributed by atoms with E-state index in [1.807, 2.05) is 38.1 Å². The Morgan fingerprint density at radius 1 is 1.11 bits per heavy atom. The maximum Gasteiger partial charge on any atom is 0.407 e. The van der Waals surface area contributed by atoms with E-state index in [1.165, 1.54) is 0 Å². The number of carbonyl (C=O) groups is 3. The molecule has 0 saturated carbocycles. The third-order valence-corrected chi connectivity index (χ3v) is 8.25. The number of benzene rings is 2. The van der Waals surface area contributed by atoms with Crippen molar-refractivity contribution in [3.63, 3.8) is 0 Å². The Labute approximate surface area is 210 Å². The molecule has 1 fully saturated rings. The van der Waals surface area contributed by atoms with Gasteiger partial charge in [0, 0.05) is 30.5 Å². The van der Waals surface area contributed by atoms with E-state index in [0.29, 0.717) is 18.7 Å². The first-order valence-electron chi connectivity index (χ1n) is 12.0. The fourth-order valence-electron chi connectivity index (χ4n) is 4.91. The molecule has 1 saturated heterocycles. The maximum atomic E-state index is 13.4. The van der Waals surface area contributed by atoms with Crippen molar-refractivity contribution < 1.29 is 24.2 Å². The molecule has 1 aliphatic carbocycles. The molecule has 0 radical (unpaired) electrons. The summed E-state index contributed by atoms with van der Waals surface area (Å²) in [5.74, 6) is 0.324. The summed E-state index contributed by atoms with van der Waals surface area (Å²) in [7, 11) is 0. The smallest absolute Gasteiger partial charge is 0.407 e. The van der Waals surface area contributed by atoms with Gasteiger partial charge < -0.3 is 20.1 Å². The summed E-state index contributed by atoms with van der Waals surface area (Å²) < 4.78 is 5.62. The van der Waals surface area contributed by atoms with Crippen molar-refractivity contribution in [1.82, 2.24) is 10.2 Å². The van der Waals surface area contributed by atoms with E-state index in [-0.39, 0.29) is 37.4 Å². The summed E-state index contributed by atoms with van der Waals surface area (Å²) >= 11 is 1.66. The molecule has 2 N–H and O–H groups in total. The number of nitrogens with zero attached hydrogens (tertiary/aromatic N) is 1. The minimum Gasteiger partial charge on any atom is -0.481 e. The number of alkyl carbamates (subject to hydrolysis) is 1. The molecule has 0 bridgehead atoms. The molecule has 2 unspecified atom stereocenters. The largest absolute Gasteiger partial charge is 0.481 e. The summed E-state index contributed by atoms with van der Waals surface area (Å²) in [6.45, 7) is 4.58. The highest BCUT2D eigenvalue weighted by molar-refractivity contribution is 7.99. The molecule has 2 atom stereocenters. The van der Waals surface area contributed by atoms with Crippen molar-refractivity contribution in [1.29, 1.82) is 0 Å². The van der Waals surface area contributed by atoms with Crippen LogP contribution in [0.5, 0.6) is 0 Å². The SMILES string of the molecule is CCC(C)(CNC(=O)OCC1c2ccccc2-c2ccccc21)C(=O)N1CCSCC1CC(=O)O. The van der Waals surface area contributed by atoms with Crippen LogP contribution in [0, 0.1) is 5.41 Å². The van der Waals surface area contributed by atoms with Crippen LogP contribution in [0.1, 0.15) is 43.7 Å². The quantitative estimate of drug-likeness (QED) is 0.564. The fourth-order valence-corrected chi connectivity index (χ4v) is 5.97. The first-order chi connectivity index (χ1) is 16.8. The van der Waals surface area contributed by atoms with Gasteiger partial charge in [-0.2, -0.15) is 11.8 Å². The van der Waals surface area contributed by atoms with Gasteiger partial charge in [-0.15, -0.1) is 0 Å². The van der Waals surface area contributed by atoms with Gasteiger partial charge in [0.2, 0.25) is 5.91 Å². The van der Waals surface area contributed by atoms with E-state index in [2.05, 4.69) is 29.6 Å². The molecule has 7 nitrogen and oxygen atoms in total. The summed E-state index contributed by atoms with van der Waals surface area (Å²) in [6.07, 6.45) is -0.118. The number of amides is 2. The van der Waals surface area contributed by atoms with Gasteiger partial charge in [-0.05, 0) is 35.6 Å². The molecule has 2 aromatic carbocycles. The zero-order chi connectivity index (χ0) is 25.0. The number of carbonyl (C=O) groups excluding carboxylic acids is 2. The molecule has 4 rings (SSSR count). The minimum absolute atomic E-state index is 0.0324. The van der Waals surface area contributed by atoms with Crippen LogP contribution in [0.4, 0.5) is 4.79 Å². The number of carboxylic acid groups (broad SMARTS) is 1. The Kier molecular flexibility index (Phi) is 7.69. The fraction of sp³-hybridized carbons (Fsp3) is 0.444. The average Bonchev–Trinajstić information content (AvgIpc) is 3.19. The van der Waals surface area contributed by atoms with E-state index in [0.717, 1.165) is 28.0 Å². The molecule has 186 valence electrons. The Balaban J connectivity index is 1.38. The Hall–Kier alpha value is -3.00. The van der Waals surface area contributed by atoms with Gasteiger partial charge in [0.1, 0.15) is 6.61 Å². The molecule has 1 aliphatic heterocycles. The van der Waals surface area contributed by atoms with E-state index in [1.54, 1.807) is 16.7 Å². The van der Waals surface area contributed by atoms with E-state index in [4.69, 9.17) is 4.74 Å². The van der Waals surface area contributed by atoms with Gasteiger partial charge in [-0.25, -0.2) is 4.79 Å². The number of nitrogens with one attached hydrogen (secondary N) is 1. The van der Waals surface area contributed by atoms with Gasteiger partial charge in [-0.3, -0.25) is 9.59 Å². The monoisotopic (exact) mass is 496 g/mol. The Morgan fingerprint density at radius 2 is 1.74 bits per heavy atom. The highest BCUT2D eigenvalue weighted by atomic mass is 32.2. The lowest BCUT2D eigenvalue weighted by Crippen LogP contribution is -2.55. The van der Waals surface area contributed by atoms with Gasteiger partial charge in [0.15, 0.2) is 0 Å². The maximum absolute atomic E-state index is 13.4. The molecule has 1 heterocycles. The minimum atomic E-state index is -0.912. The van der Waals surface area contributed by atoms with Gasteiger partial charge in [-0.1, -0.05) is 55.5 Å². The molecule has 35 heavy (non-hydrogen) atoms. The van der Waals surface area contributed by atoms with Crippen molar-refractivity contribution >= 4 is 29.7 Å². The zero-order valence-corrected chi connectivity index (χ0v) is 21.0. The van der Waals surface area contributed by atoms with E-state index in [9.17, 15) is 19.5 Å². The topological polar surface area (TPSA) is 95.9 Å².